The summed E-state index contributed by atoms with van der Waals surface area (Å²) in [5.74, 6) is 0.0995. The van der Waals surface area contributed by atoms with Crippen LogP contribution in [0.25, 0.3) is 11.3 Å². The molecule has 1 aliphatic rings. The molecule has 1 amide bonds. The van der Waals surface area contributed by atoms with Crippen molar-refractivity contribution in [1.29, 1.82) is 0 Å². The Morgan fingerprint density at radius 1 is 1.32 bits per heavy atom. The van der Waals surface area contributed by atoms with E-state index in [0.717, 1.165) is 42.1 Å². The van der Waals surface area contributed by atoms with Crippen LogP contribution in [0.5, 0.6) is 0 Å². The molecule has 1 fully saturated rings. The molecule has 5 heteroatoms. The van der Waals surface area contributed by atoms with Crippen molar-refractivity contribution in [2.45, 2.75) is 19.9 Å². The number of carbonyl (C=O) groups excluding carboxylic acids is 1. The third-order valence-electron chi connectivity index (χ3n) is 4.22. The van der Waals surface area contributed by atoms with Crippen LogP contribution < -0.4 is 0 Å². The molecule has 0 spiro atoms. The number of hydrogen-bond donors (Lipinski definition) is 0. The molecular weight excluding hydrogens is 294 g/mol. The summed E-state index contributed by atoms with van der Waals surface area (Å²) in [4.78, 5) is 21.7. The van der Waals surface area contributed by atoms with Gasteiger partial charge < -0.3 is 9.80 Å². The number of carbonyl (C=O) groups is 1. The van der Waals surface area contributed by atoms with Crippen LogP contribution >= 0.6 is 11.3 Å². The number of thiophene rings is 1. The van der Waals surface area contributed by atoms with Crippen molar-refractivity contribution in [3.63, 3.8) is 0 Å². The van der Waals surface area contributed by atoms with E-state index >= 15 is 0 Å². The van der Waals surface area contributed by atoms with E-state index in [0.29, 0.717) is 0 Å². The summed E-state index contributed by atoms with van der Waals surface area (Å²) in [6.07, 6.45) is 0. The Kier molecular flexibility index (Phi) is 4.27. The van der Waals surface area contributed by atoms with Crippen LogP contribution in [0.15, 0.2) is 29.0 Å². The Hall–Kier alpha value is -1.72. The second-order valence-corrected chi connectivity index (χ2v) is 6.73. The maximum atomic E-state index is 12.8. The second-order valence-electron chi connectivity index (χ2n) is 5.95. The molecular formula is C17H21N3OS. The van der Waals surface area contributed by atoms with Crippen LogP contribution in [-0.2, 0) is 0 Å². The van der Waals surface area contributed by atoms with Gasteiger partial charge in [-0.2, -0.15) is 11.3 Å². The first-order chi connectivity index (χ1) is 10.6. The fourth-order valence-corrected chi connectivity index (χ4v) is 3.60. The van der Waals surface area contributed by atoms with E-state index in [9.17, 15) is 4.79 Å². The molecule has 4 nitrogen and oxygen atoms in total. The molecule has 0 saturated carbocycles. The van der Waals surface area contributed by atoms with Crippen LogP contribution in [0.3, 0.4) is 0 Å². The van der Waals surface area contributed by atoms with Gasteiger partial charge in [0.25, 0.3) is 5.91 Å². The highest BCUT2D eigenvalue weighted by atomic mass is 32.1. The van der Waals surface area contributed by atoms with Gasteiger partial charge in [0.2, 0.25) is 0 Å². The molecule has 2 aromatic heterocycles. The third kappa shape index (κ3) is 2.91. The van der Waals surface area contributed by atoms with Gasteiger partial charge >= 0.3 is 0 Å². The zero-order valence-corrected chi connectivity index (χ0v) is 14.1. The predicted octanol–water partition coefficient (Wildman–Crippen LogP) is 2.89. The Morgan fingerprint density at radius 3 is 2.77 bits per heavy atom. The van der Waals surface area contributed by atoms with Crippen molar-refractivity contribution in [3.8, 4) is 11.3 Å². The number of nitrogens with zero attached hydrogens (tertiary/aromatic N) is 3. The van der Waals surface area contributed by atoms with Gasteiger partial charge in [0.15, 0.2) is 0 Å². The van der Waals surface area contributed by atoms with Crippen LogP contribution in [-0.4, -0.2) is 53.4 Å². The zero-order chi connectivity index (χ0) is 15.7. The fraction of sp³-hybridized carbons (Fsp3) is 0.412. The number of aromatic nitrogens is 1. The molecule has 2 aromatic rings. The summed E-state index contributed by atoms with van der Waals surface area (Å²) < 4.78 is 0. The Labute approximate surface area is 135 Å². The van der Waals surface area contributed by atoms with E-state index in [1.54, 1.807) is 11.3 Å². The lowest BCUT2D eigenvalue weighted by Crippen LogP contribution is -2.52. The molecule has 22 heavy (non-hydrogen) atoms. The molecule has 0 aliphatic carbocycles. The zero-order valence-electron chi connectivity index (χ0n) is 13.2. The van der Waals surface area contributed by atoms with Crippen molar-refractivity contribution in [2.75, 3.05) is 26.7 Å². The second kappa shape index (κ2) is 6.18. The Bertz CT molecular complexity index is 669. The minimum Gasteiger partial charge on any atom is -0.333 e. The molecule has 0 radical (unpaired) electrons. The monoisotopic (exact) mass is 315 g/mol. The molecule has 1 aliphatic heterocycles. The van der Waals surface area contributed by atoms with Crippen LogP contribution in [0.2, 0.25) is 0 Å². The molecule has 0 bridgehead atoms. The average Bonchev–Trinajstić information content (AvgIpc) is 3.00. The van der Waals surface area contributed by atoms with Gasteiger partial charge in [-0.15, -0.1) is 0 Å². The minimum absolute atomic E-state index is 0.0995. The van der Waals surface area contributed by atoms with E-state index in [1.807, 2.05) is 29.3 Å². The van der Waals surface area contributed by atoms with Crippen molar-refractivity contribution in [3.05, 3.63) is 40.2 Å². The summed E-state index contributed by atoms with van der Waals surface area (Å²) in [6, 6.07) is 6.16. The smallest absolute Gasteiger partial charge is 0.256 e. The summed E-state index contributed by atoms with van der Waals surface area (Å²) >= 11 is 1.65. The largest absolute Gasteiger partial charge is 0.333 e. The average molecular weight is 315 g/mol. The minimum atomic E-state index is 0.0995. The molecule has 116 valence electrons. The topological polar surface area (TPSA) is 36.4 Å². The molecule has 1 atom stereocenters. The molecule has 0 unspecified atom stereocenters. The highest BCUT2D eigenvalue weighted by molar-refractivity contribution is 7.08. The van der Waals surface area contributed by atoms with Gasteiger partial charge in [-0.25, -0.2) is 0 Å². The lowest BCUT2D eigenvalue weighted by Gasteiger charge is -2.38. The highest BCUT2D eigenvalue weighted by Gasteiger charge is 2.27. The maximum absolute atomic E-state index is 12.8. The number of piperazine rings is 1. The first-order valence-electron chi connectivity index (χ1n) is 7.56. The lowest BCUT2D eigenvalue weighted by atomic mass is 10.1. The van der Waals surface area contributed by atoms with E-state index in [4.69, 9.17) is 0 Å². The van der Waals surface area contributed by atoms with E-state index in [-0.39, 0.29) is 11.9 Å². The summed E-state index contributed by atoms with van der Waals surface area (Å²) in [5, 5.41) is 4.11. The normalized spacial score (nSPS) is 19.4. The Morgan fingerprint density at radius 2 is 2.14 bits per heavy atom. The van der Waals surface area contributed by atoms with Crippen LogP contribution in [0.1, 0.15) is 23.0 Å². The van der Waals surface area contributed by atoms with E-state index in [2.05, 4.69) is 35.3 Å². The standard InChI is InChI=1S/C17H21N3OS/c1-12-10-19(3)7-8-20(12)17(21)15-4-5-16(18-13(15)2)14-6-9-22-11-14/h4-6,9,11-12H,7-8,10H2,1-3H3/t12-/m1/s1. The predicted molar refractivity (Wildman–Crippen MR) is 90.3 cm³/mol. The molecule has 0 aromatic carbocycles. The van der Waals surface area contributed by atoms with Gasteiger partial charge in [-0.05, 0) is 44.5 Å². The fourth-order valence-electron chi connectivity index (χ4n) is 2.95. The SMILES string of the molecule is Cc1nc(-c2ccsc2)ccc1C(=O)N1CCN(C)C[C@H]1C. The van der Waals surface area contributed by atoms with E-state index < -0.39 is 0 Å². The van der Waals surface area contributed by atoms with Crippen molar-refractivity contribution < 1.29 is 4.79 Å². The summed E-state index contributed by atoms with van der Waals surface area (Å²) in [5.41, 5.74) is 3.57. The van der Waals surface area contributed by atoms with Crippen LogP contribution in [0, 0.1) is 6.92 Å². The summed E-state index contributed by atoms with van der Waals surface area (Å²) in [6.45, 7) is 6.66. The molecule has 3 rings (SSSR count). The first-order valence-corrected chi connectivity index (χ1v) is 8.50. The van der Waals surface area contributed by atoms with Crippen molar-refractivity contribution >= 4 is 17.2 Å². The Balaban J connectivity index is 1.84. The quantitative estimate of drug-likeness (QED) is 0.855. The lowest BCUT2D eigenvalue weighted by molar-refractivity contribution is 0.0532. The first kappa shape index (κ1) is 15.2. The van der Waals surface area contributed by atoms with E-state index in [1.165, 1.54) is 0 Å². The maximum Gasteiger partial charge on any atom is 0.256 e. The molecule has 3 heterocycles. The molecule has 1 saturated heterocycles. The van der Waals surface area contributed by atoms with Gasteiger partial charge in [0.1, 0.15) is 0 Å². The van der Waals surface area contributed by atoms with Gasteiger partial charge in [0.05, 0.1) is 17.0 Å². The third-order valence-corrected chi connectivity index (χ3v) is 4.91. The number of likely N-dealkylation sites (N-methyl/N-ethyl adjacent to an activating group) is 1. The number of pyridine rings is 1. The molecule has 0 N–H and O–H groups in total. The number of aryl methyl sites for hydroxylation is 1. The van der Waals surface area contributed by atoms with Gasteiger partial charge in [-0.3, -0.25) is 9.78 Å². The van der Waals surface area contributed by atoms with Gasteiger partial charge in [-0.1, -0.05) is 0 Å². The number of amides is 1. The summed E-state index contributed by atoms with van der Waals surface area (Å²) in [7, 11) is 2.10. The van der Waals surface area contributed by atoms with Crippen LogP contribution in [0.4, 0.5) is 0 Å². The van der Waals surface area contributed by atoms with Crippen molar-refractivity contribution in [2.24, 2.45) is 0 Å². The number of rotatable bonds is 2. The highest BCUT2D eigenvalue weighted by Crippen LogP contribution is 2.22. The number of hydrogen-bond acceptors (Lipinski definition) is 4. The van der Waals surface area contributed by atoms with Crippen molar-refractivity contribution in [1.82, 2.24) is 14.8 Å². The van der Waals surface area contributed by atoms with Gasteiger partial charge in [0, 0.05) is 36.6 Å².